The zero-order valence-electron chi connectivity index (χ0n) is 22.1. The average Bonchev–Trinajstić information content (AvgIpc) is 3.55. The Morgan fingerprint density at radius 3 is 2.31 bits per heavy atom. The van der Waals surface area contributed by atoms with Crippen molar-refractivity contribution in [2.24, 2.45) is 0 Å². The second-order valence-corrected chi connectivity index (χ2v) is 9.73. The van der Waals surface area contributed by atoms with Crippen molar-refractivity contribution >= 4 is 23.1 Å². The zero-order chi connectivity index (χ0) is 27.5. The number of carbonyl (C=O) groups is 2. The van der Waals surface area contributed by atoms with Crippen molar-refractivity contribution in [3.05, 3.63) is 125 Å². The minimum absolute atomic E-state index is 0.0396. The Kier molecular flexibility index (Phi) is 7.23. The number of anilines is 1. The molecule has 1 amide bonds. The molecule has 5 rings (SSSR count). The molecule has 1 aliphatic rings. The van der Waals surface area contributed by atoms with Crippen LogP contribution in [0.3, 0.4) is 0 Å². The maximum absolute atomic E-state index is 13.3. The van der Waals surface area contributed by atoms with Gasteiger partial charge < -0.3 is 24.1 Å². The van der Waals surface area contributed by atoms with Gasteiger partial charge in [0.05, 0.1) is 24.4 Å². The number of benzene rings is 3. The molecule has 1 aliphatic heterocycles. The van der Waals surface area contributed by atoms with Crippen LogP contribution in [-0.2, 0) is 22.7 Å². The van der Waals surface area contributed by atoms with Crippen LogP contribution in [0.25, 0.3) is 5.76 Å². The van der Waals surface area contributed by atoms with Gasteiger partial charge >= 0.3 is 0 Å². The first-order valence-electron chi connectivity index (χ1n) is 12.7. The van der Waals surface area contributed by atoms with E-state index >= 15 is 0 Å². The van der Waals surface area contributed by atoms with Crippen molar-refractivity contribution in [3.8, 4) is 5.75 Å². The number of nitrogens with zero attached hydrogens (tertiary/aromatic N) is 2. The number of rotatable bonds is 8. The first-order valence-corrected chi connectivity index (χ1v) is 12.7. The number of furan rings is 1. The highest BCUT2D eigenvalue weighted by molar-refractivity contribution is 6.46. The molecule has 1 fully saturated rings. The van der Waals surface area contributed by atoms with Gasteiger partial charge in [-0.25, -0.2) is 0 Å². The number of hydrogen-bond donors (Lipinski definition) is 1. The minimum atomic E-state index is -0.775. The van der Waals surface area contributed by atoms with Gasteiger partial charge in [0.25, 0.3) is 11.7 Å². The Labute approximate surface area is 227 Å². The third-order valence-corrected chi connectivity index (χ3v) is 6.95. The molecule has 0 radical (unpaired) electrons. The highest BCUT2D eigenvalue weighted by atomic mass is 16.5. The van der Waals surface area contributed by atoms with Crippen LogP contribution in [0.5, 0.6) is 5.75 Å². The van der Waals surface area contributed by atoms with E-state index < -0.39 is 17.7 Å². The van der Waals surface area contributed by atoms with Crippen LogP contribution < -0.4 is 9.64 Å². The average molecular weight is 523 g/mol. The Morgan fingerprint density at radius 2 is 1.67 bits per heavy atom. The van der Waals surface area contributed by atoms with Gasteiger partial charge in [-0.1, -0.05) is 36.4 Å². The molecule has 7 nitrogen and oxygen atoms in total. The lowest BCUT2D eigenvalue weighted by atomic mass is 9.95. The summed E-state index contributed by atoms with van der Waals surface area (Å²) in [6, 6.07) is 25.2. The SMILES string of the molecule is Cc1ccccc1COc1ccc(/C(O)=C2/C(=O)C(=O)N(Cc3ccco3)C2c2ccc(N(C)C)cc2)cc1. The van der Waals surface area contributed by atoms with E-state index in [1.807, 2.05) is 74.4 Å². The predicted molar refractivity (Wildman–Crippen MR) is 149 cm³/mol. The number of likely N-dealkylation sites (tertiary alicyclic amines) is 1. The Hall–Kier alpha value is -4.78. The van der Waals surface area contributed by atoms with E-state index in [1.165, 1.54) is 11.2 Å². The van der Waals surface area contributed by atoms with Crippen molar-refractivity contribution in [2.75, 3.05) is 19.0 Å². The summed E-state index contributed by atoms with van der Waals surface area (Å²) in [6.07, 6.45) is 1.52. The molecule has 0 spiro atoms. The maximum atomic E-state index is 13.3. The molecule has 1 saturated heterocycles. The smallest absolute Gasteiger partial charge is 0.296 e. The maximum Gasteiger partial charge on any atom is 0.296 e. The van der Waals surface area contributed by atoms with Crippen LogP contribution in [0.4, 0.5) is 5.69 Å². The summed E-state index contributed by atoms with van der Waals surface area (Å²) in [5.41, 5.74) is 4.38. The van der Waals surface area contributed by atoms with E-state index in [0.717, 1.165) is 16.8 Å². The van der Waals surface area contributed by atoms with Crippen molar-refractivity contribution in [1.29, 1.82) is 0 Å². The summed E-state index contributed by atoms with van der Waals surface area (Å²) < 4.78 is 11.4. The summed E-state index contributed by atoms with van der Waals surface area (Å²) >= 11 is 0. The van der Waals surface area contributed by atoms with Crippen molar-refractivity contribution < 1.29 is 23.8 Å². The van der Waals surface area contributed by atoms with Crippen LogP contribution in [-0.4, -0.2) is 35.8 Å². The number of Topliss-reactive ketones (excluding diaryl/α,β-unsaturated/α-hetero) is 1. The molecule has 0 saturated carbocycles. The molecule has 7 heteroatoms. The van der Waals surface area contributed by atoms with Crippen LogP contribution in [0, 0.1) is 6.92 Å². The van der Waals surface area contributed by atoms with Crippen LogP contribution in [0.1, 0.15) is 34.1 Å². The summed E-state index contributed by atoms with van der Waals surface area (Å²) in [7, 11) is 3.87. The molecular formula is C32H30N2O5. The van der Waals surface area contributed by atoms with Gasteiger partial charge in [-0.3, -0.25) is 9.59 Å². The lowest BCUT2D eigenvalue weighted by molar-refractivity contribution is -0.140. The quantitative estimate of drug-likeness (QED) is 0.177. The largest absolute Gasteiger partial charge is 0.507 e. The molecule has 1 atom stereocenters. The highest BCUT2D eigenvalue weighted by Crippen LogP contribution is 2.41. The molecular weight excluding hydrogens is 492 g/mol. The monoisotopic (exact) mass is 522 g/mol. The molecule has 0 aliphatic carbocycles. The molecule has 2 heterocycles. The Balaban J connectivity index is 1.48. The van der Waals surface area contributed by atoms with Crippen LogP contribution in [0.2, 0.25) is 0 Å². The van der Waals surface area contributed by atoms with Gasteiger partial charge in [0, 0.05) is 25.3 Å². The van der Waals surface area contributed by atoms with Crippen LogP contribution in [0.15, 0.2) is 101 Å². The number of aliphatic hydroxyl groups is 1. The molecule has 1 aromatic heterocycles. The van der Waals surface area contributed by atoms with Crippen molar-refractivity contribution in [3.63, 3.8) is 0 Å². The molecule has 1 unspecified atom stereocenters. The number of ketones is 1. The summed E-state index contributed by atoms with van der Waals surface area (Å²) in [5, 5.41) is 11.4. The summed E-state index contributed by atoms with van der Waals surface area (Å²) in [4.78, 5) is 29.9. The number of aryl methyl sites for hydroxylation is 1. The lowest BCUT2D eigenvalue weighted by Gasteiger charge is -2.25. The van der Waals surface area contributed by atoms with Gasteiger partial charge in [-0.2, -0.15) is 0 Å². The molecule has 1 N–H and O–H groups in total. The fourth-order valence-electron chi connectivity index (χ4n) is 4.71. The number of aliphatic hydroxyl groups excluding tert-OH is 1. The fourth-order valence-corrected chi connectivity index (χ4v) is 4.71. The van der Waals surface area contributed by atoms with E-state index in [0.29, 0.717) is 29.2 Å². The third kappa shape index (κ3) is 5.29. The number of hydrogen-bond acceptors (Lipinski definition) is 6. The highest BCUT2D eigenvalue weighted by Gasteiger charge is 2.46. The van der Waals surface area contributed by atoms with Gasteiger partial charge in [0.1, 0.15) is 23.9 Å². The van der Waals surface area contributed by atoms with Crippen molar-refractivity contribution in [2.45, 2.75) is 26.1 Å². The minimum Gasteiger partial charge on any atom is -0.507 e. The van der Waals surface area contributed by atoms with E-state index in [4.69, 9.17) is 9.15 Å². The van der Waals surface area contributed by atoms with E-state index in [-0.39, 0.29) is 17.9 Å². The van der Waals surface area contributed by atoms with Gasteiger partial charge in [0.2, 0.25) is 0 Å². The number of amides is 1. The van der Waals surface area contributed by atoms with Gasteiger partial charge in [-0.05, 0) is 72.1 Å². The first-order chi connectivity index (χ1) is 18.8. The number of ether oxygens (including phenoxy) is 1. The second kappa shape index (κ2) is 10.9. The van der Waals surface area contributed by atoms with E-state index in [1.54, 1.807) is 36.4 Å². The van der Waals surface area contributed by atoms with Crippen LogP contribution >= 0.6 is 0 Å². The molecule has 39 heavy (non-hydrogen) atoms. The predicted octanol–water partition coefficient (Wildman–Crippen LogP) is 5.85. The second-order valence-electron chi connectivity index (χ2n) is 9.73. The molecule has 4 aromatic rings. The fraction of sp³-hybridized carbons (Fsp3) is 0.188. The first kappa shape index (κ1) is 25.9. The summed E-state index contributed by atoms with van der Waals surface area (Å²) in [5.74, 6) is -0.485. The van der Waals surface area contributed by atoms with Crippen molar-refractivity contribution in [1.82, 2.24) is 4.90 Å². The number of carbonyl (C=O) groups excluding carboxylic acids is 2. The van der Waals surface area contributed by atoms with Gasteiger partial charge in [-0.15, -0.1) is 0 Å². The topological polar surface area (TPSA) is 83.2 Å². The van der Waals surface area contributed by atoms with E-state index in [2.05, 4.69) is 0 Å². The normalized spacial score (nSPS) is 16.5. The third-order valence-electron chi connectivity index (χ3n) is 6.95. The Bertz CT molecular complexity index is 1500. The molecule has 198 valence electrons. The Morgan fingerprint density at radius 1 is 0.949 bits per heavy atom. The molecule has 3 aromatic carbocycles. The van der Waals surface area contributed by atoms with Gasteiger partial charge in [0.15, 0.2) is 0 Å². The van der Waals surface area contributed by atoms with E-state index in [9.17, 15) is 14.7 Å². The zero-order valence-corrected chi connectivity index (χ0v) is 22.1. The molecule has 0 bridgehead atoms. The lowest BCUT2D eigenvalue weighted by Crippen LogP contribution is -2.29. The summed E-state index contributed by atoms with van der Waals surface area (Å²) in [6.45, 7) is 2.55. The standard InChI is InChI=1S/C32H30N2O5/c1-21-7-4-5-8-24(21)20-39-26-16-12-23(13-17-26)30(35)28-29(22-10-14-25(15-11-22)33(2)3)34(32(37)31(28)36)19-27-9-6-18-38-27/h4-18,29,35H,19-20H2,1-3H3/b30-28-.